The highest BCUT2D eigenvalue weighted by Crippen LogP contribution is 2.33. The van der Waals surface area contributed by atoms with Gasteiger partial charge in [-0.15, -0.1) is 0 Å². The van der Waals surface area contributed by atoms with E-state index in [1.807, 2.05) is 11.9 Å². The van der Waals surface area contributed by atoms with Gasteiger partial charge in [-0.3, -0.25) is 10.1 Å². The Balaban J connectivity index is 3.04. The highest BCUT2D eigenvalue weighted by molar-refractivity contribution is 5.75. The van der Waals surface area contributed by atoms with E-state index in [0.29, 0.717) is 11.6 Å². The minimum absolute atomic E-state index is 0.00157. The summed E-state index contributed by atoms with van der Waals surface area (Å²) < 4.78 is 0. The number of para-hydroxylation sites is 1. The monoisotopic (exact) mass is 237 g/mol. The molecule has 0 spiro atoms. The lowest BCUT2D eigenvalue weighted by Crippen LogP contribution is -2.24. The van der Waals surface area contributed by atoms with Gasteiger partial charge in [0.2, 0.25) is 0 Å². The number of hydrogen-bond donors (Lipinski definition) is 1. The second kappa shape index (κ2) is 5.52. The molecular formula is C12H19N3O2. The molecule has 1 atom stereocenters. The summed E-state index contributed by atoms with van der Waals surface area (Å²) in [5.74, 6) is 0.487. The van der Waals surface area contributed by atoms with E-state index in [0.717, 1.165) is 13.0 Å². The zero-order valence-corrected chi connectivity index (χ0v) is 10.5. The van der Waals surface area contributed by atoms with Crippen LogP contribution in [-0.4, -0.2) is 18.5 Å². The second-order valence-electron chi connectivity index (χ2n) is 4.37. The van der Waals surface area contributed by atoms with Gasteiger partial charge in [0, 0.05) is 13.6 Å². The topological polar surface area (TPSA) is 72.4 Å². The summed E-state index contributed by atoms with van der Waals surface area (Å²) in [6, 6.07) is 5.03. The van der Waals surface area contributed by atoms with E-state index < -0.39 is 4.92 Å². The van der Waals surface area contributed by atoms with Gasteiger partial charge in [-0.05, 0) is 18.1 Å². The molecule has 5 nitrogen and oxygen atoms in total. The van der Waals surface area contributed by atoms with Crippen molar-refractivity contribution in [1.82, 2.24) is 0 Å². The predicted octanol–water partition coefficient (Wildman–Crippen LogP) is 2.66. The molecule has 0 fully saturated rings. The van der Waals surface area contributed by atoms with Crippen molar-refractivity contribution >= 4 is 17.1 Å². The van der Waals surface area contributed by atoms with Gasteiger partial charge >= 0.3 is 5.69 Å². The van der Waals surface area contributed by atoms with Gasteiger partial charge in [-0.1, -0.05) is 26.3 Å². The van der Waals surface area contributed by atoms with Crippen LogP contribution in [0.3, 0.4) is 0 Å². The van der Waals surface area contributed by atoms with Gasteiger partial charge in [0.05, 0.1) is 4.92 Å². The number of rotatable bonds is 5. The first-order valence-electron chi connectivity index (χ1n) is 5.71. The molecule has 2 N–H and O–H groups in total. The molecule has 17 heavy (non-hydrogen) atoms. The zero-order chi connectivity index (χ0) is 13.0. The number of nitrogens with two attached hydrogens (primary N) is 1. The summed E-state index contributed by atoms with van der Waals surface area (Å²) in [5.41, 5.74) is 6.44. The minimum atomic E-state index is -0.419. The Kier molecular flexibility index (Phi) is 4.31. The number of benzene rings is 1. The van der Waals surface area contributed by atoms with Crippen molar-refractivity contribution in [1.29, 1.82) is 0 Å². The third-order valence-corrected chi connectivity index (χ3v) is 2.92. The van der Waals surface area contributed by atoms with E-state index in [2.05, 4.69) is 13.8 Å². The fraction of sp³-hybridized carbons (Fsp3) is 0.500. The summed E-state index contributed by atoms with van der Waals surface area (Å²) in [4.78, 5) is 12.5. The lowest BCUT2D eigenvalue weighted by atomic mass is 10.1. The Hall–Kier alpha value is -1.78. The summed E-state index contributed by atoms with van der Waals surface area (Å²) in [6.07, 6.45) is 1.04. The SMILES string of the molecule is CCC(C)CN(C)c1cccc(N)c1[N+](=O)[O-]. The van der Waals surface area contributed by atoms with E-state index >= 15 is 0 Å². The van der Waals surface area contributed by atoms with Gasteiger partial charge in [-0.25, -0.2) is 0 Å². The molecule has 0 aromatic heterocycles. The van der Waals surface area contributed by atoms with Crippen molar-refractivity contribution < 1.29 is 4.92 Å². The average molecular weight is 237 g/mol. The van der Waals surface area contributed by atoms with Crippen LogP contribution >= 0.6 is 0 Å². The Morgan fingerprint density at radius 3 is 2.71 bits per heavy atom. The average Bonchev–Trinajstić information content (AvgIpc) is 2.27. The molecule has 0 aliphatic heterocycles. The summed E-state index contributed by atoms with van der Waals surface area (Å²) in [5, 5.41) is 11.0. The van der Waals surface area contributed by atoms with Crippen molar-refractivity contribution in [2.45, 2.75) is 20.3 Å². The van der Waals surface area contributed by atoms with Crippen LogP contribution in [0.5, 0.6) is 0 Å². The number of anilines is 2. The van der Waals surface area contributed by atoms with E-state index in [9.17, 15) is 10.1 Å². The fourth-order valence-corrected chi connectivity index (χ4v) is 1.75. The maximum Gasteiger partial charge on any atom is 0.315 e. The normalized spacial score (nSPS) is 12.2. The van der Waals surface area contributed by atoms with Crippen molar-refractivity contribution in [2.75, 3.05) is 24.2 Å². The lowest BCUT2D eigenvalue weighted by Gasteiger charge is -2.22. The molecular weight excluding hydrogens is 218 g/mol. The standard InChI is InChI=1S/C12H19N3O2/c1-4-9(2)8-14(3)11-7-5-6-10(13)12(11)15(16)17/h5-7,9H,4,8,13H2,1-3H3. The van der Waals surface area contributed by atoms with Crippen LogP contribution in [0.4, 0.5) is 17.1 Å². The van der Waals surface area contributed by atoms with Crippen LogP contribution in [0, 0.1) is 16.0 Å². The zero-order valence-electron chi connectivity index (χ0n) is 10.5. The molecule has 1 aromatic carbocycles. The molecule has 0 bridgehead atoms. The Labute approximate surface area is 101 Å². The first-order chi connectivity index (χ1) is 7.97. The van der Waals surface area contributed by atoms with Crippen molar-refractivity contribution in [3.63, 3.8) is 0 Å². The maximum atomic E-state index is 11.0. The van der Waals surface area contributed by atoms with E-state index in [1.54, 1.807) is 18.2 Å². The number of hydrogen-bond acceptors (Lipinski definition) is 4. The second-order valence-corrected chi connectivity index (χ2v) is 4.37. The smallest absolute Gasteiger partial charge is 0.315 e. The van der Waals surface area contributed by atoms with E-state index in [4.69, 9.17) is 5.73 Å². The number of nitro benzene ring substituents is 1. The summed E-state index contributed by atoms with van der Waals surface area (Å²) in [6.45, 7) is 5.00. The molecule has 94 valence electrons. The Bertz CT molecular complexity index is 407. The van der Waals surface area contributed by atoms with Crippen LogP contribution in [0.15, 0.2) is 18.2 Å². The molecule has 0 radical (unpaired) electrons. The van der Waals surface area contributed by atoms with E-state index in [1.165, 1.54) is 0 Å². The largest absolute Gasteiger partial charge is 0.393 e. The van der Waals surface area contributed by atoms with Crippen LogP contribution in [0.2, 0.25) is 0 Å². The molecule has 1 unspecified atom stereocenters. The predicted molar refractivity (Wildman–Crippen MR) is 70.2 cm³/mol. The fourth-order valence-electron chi connectivity index (χ4n) is 1.75. The van der Waals surface area contributed by atoms with Gasteiger partial charge in [-0.2, -0.15) is 0 Å². The molecule has 5 heteroatoms. The first-order valence-corrected chi connectivity index (χ1v) is 5.71. The lowest BCUT2D eigenvalue weighted by molar-refractivity contribution is -0.383. The molecule has 1 rings (SSSR count). The van der Waals surface area contributed by atoms with Crippen LogP contribution < -0.4 is 10.6 Å². The number of nitrogens with zero attached hydrogens (tertiary/aromatic N) is 2. The van der Waals surface area contributed by atoms with Gasteiger partial charge < -0.3 is 10.6 Å². The van der Waals surface area contributed by atoms with Crippen LogP contribution in [0.1, 0.15) is 20.3 Å². The minimum Gasteiger partial charge on any atom is -0.393 e. The third-order valence-electron chi connectivity index (χ3n) is 2.92. The number of nitro groups is 1. The van der Waals surface area contributed by atoms with E-state index in [-0.39, 0.29) is 11.4 Å². The van der Waals surface area contributed by atoms with Gasteiger partial charge in [0.25, 0.3) is 0 Å². The van der Waals surface area contributed by atoms with Crippen LogP contribution in [-0.2, 0) is 0 Å². The molecule has 0 aliphatic carbocycles. The highest BCUT2D eigenvalue weighted by Gasteiger charge is 2.21. The van der Waals surface area contributed by atoms with Crippen molar-refractivity contribution in [3.05, 3.63) is 28.3 Å². The Morgan fingerprint density at radius 1 is 1.53 bits per heavy atom. The Morgan fingerprint density at radius 2 is 2.18 bits per heavy atom. The van der Waals surface area contributed by atoms with Crippen LogP contribution in [0.25, 0.3) is 0 Å². The molecule has 0 heterocycles. The molecule has 0 amide bonds. The van der Waals surface area contributed by atoms with Crippen molar-refractivity contribution in [3.8, 4) is 0 Å². The van der Waals surface area contributed by atoms with Crippen molar-refractivity contribution in [2.24, 2.45) is 5.92 Å². The number of nitrogen functional groups attached to an aromatic ring is 1. The van der Waals surface area contributed by atoms with Gasteiger partial charge in [0.1, 0.15) is 11.4 Å². The highest BCUT2D eigenvalue weighted by atomic mass is 16.6. The maximum absolute atomic E-state index is 11.0. The quantitative estimate of drug-likeness (QED) is 0.485. The molecule has 0 saturated carbocycles. The molecule has 1 aromatic rings. The summed E-state index contributed by atoms with van der Waals surface area (Å²) in [7, 11) is 1.86. The molecule has 0 aliphatic rings. The third kappa shape index (κ3) is 3.09. The first kappa shape index (κ1) is 13.3. The summed E-state index contributed by atoms with van der Waals surface area (Å²) >= 11 is 0. The molecule has 0 saturated heterocycles. The van der Waals surface area contributed by atoms with Gasteiger partial charge in [0.15, 0.2) is 0 Å².